The molecule has 0 bridgehead atoms. The molecule has 21 heavy (non-hydrogen) atoms. The Labute approximate surface area is 125 Å². The van der Waals surface area contributed by atoms with E-state index in [1.807, 2.05) is 0 Å². The van der Waals surface area contributed by atoms with Gasteiger partial charge in [0.05, 0.1) is 11.5 Å². The lowest BCUT2D eigenvalue weighted by Gasteiger charge is -2.23. The van der Waals surface area contributed by atoms with Crippen LogP contribution in [0.25, 0.3) is 0 Å². The zero-order chi connectivity index (χ0) is 14.9. The molecule has 1 saturated carbocycles. The minimum atomic E-state index is -3.52. The third kappa shape index (κ3) is 3.07. The molecule has 0 amide bonds. The normalized spacial score (nSPS) is 20.2. The maximum absolute atomic E-state index is 12.6. The first-order valence-electron chi connectivity index (χ1n) is 7.58. The minimum absolute atomic E-state index is 0.165. The van der Waals surface area contributed by atoms with Crippen LogP contribution >= 0.6 is 0 Å². The second-order valence-corrected chi connectivity index (χ2v) is 7.59. The third-order valence-corrected chi connectivity index (χ3v) is 5.99. The van der Waals surface area contributed by atoms with Crippen molar-refractivity contribution in [2.24, 2.45) is 11.7 Å². The number of hydrogen-bond donors (Lipinski definition) is 2. The van der Waals surface area contributed by atoms with Crippen LogP contribution in [0.3, 0.4) is 0 Å². The van der Waals surface area contributed by atoms with Crippen molar-refractivity contribution in [3.63, 3.8) is 0 Å². The molecule has 1 unspecified atom stereocenters. The van der Waals surface area contributed by atoms with Gasteiger partial charge < -0.3 is 10.5 Å². The molecule has 1 aliphatic heterocycles. The van der Waals surface area contributed by atoms with E-state index in [4.69, 9.17) is 10.5 Å². The van der Waals surface area contributed by atoms with Crippen molar-refractivity contribution in [2.75, 3.05) is 13.2 Å². The van der Waals surface area contributed by atoms with Gasteiger partial charge in [0.1, 0.15) is 5.75 Å². The van der Waals surface area contributed by atoms with Gasteiger partial charge in [-0.25, -0.2) is 13.1 Å². The first-order valence-corrected chi connectivity index (χ1v) is 9.06. The van der Waals surface area contributed by atoms with Crippen LogP contribution in [0.5, 0.6) is 5.75 Å². The molecule has 1 heterocycles. The zero-order valence-electron chi connectivity index (χ0n) is 12.0. The first kappa shape index (κ1) is 14.8. The Morgan fingerprint density at radius 2 is 2.10 bits per heavy atom. The van der Waals surface area contributed by atoms with Gasteiger partial charge >= 0.3 is 0 Å². The highest BCUT2D eigenvalue weighted by molar-refractivity contribution is 7.89. The molecule has 1 aromatic rings. The van der Waals surface area contributed by atoms with Gasteiger partial charge in [0.2, 0.25) is 10.0 Å². The van der Waals surface area contributed by atoms with E-state index in [0.717, 1.165) is 30.6 Å². The summed E-state index contributed by atoms with van der Waals surface area (Å²) >= 11 is 0. The molecule has 116 valence electrons. The van der Waals surface area contributed by atoms with E-state index in [1.54, 1.807) is 18.2 Å². The Morgan fingerprint density at radius 1 is 1.33 bits per heavy atom. The summed E-state index contributed by atoms with van der Waals surface area (Å²) in [6, 6.07) is 4.90. The maximum atomic E-state index is 12.6. The van der Waals surface area contributed by atoms with Crippen molar-refractivity contribution < 1.29 is 13.2 Å². The predicted octanol–water partition coefficient (Wildman–Crippen LogP) is 1.42. The number of nitrogens with two attached hydrogens (primary N) is 1. The van der Waals surface area contributed by atoms with Crippen LogP contribution in [-0.4, -0.2) is 27.6 Å². The summed E-state index contributed by atoms with van der Waals surface area (Å²) in [6.45, 7) is 0.970. The summed E-state index contributed by atoms with van der Waals surface area (Å²) in [4.78, 5) is 0.309. The fourth-order valence-electron chi connectivity index (χ4n) is 3.29. The van der Waals surface area contributed by atoms with E-state index in [0.29, 0.717) is 24.0 Å². The molecule has 2 aliphatic rings. The first-order chi connectivity index (χ1) is 10.1. The SMILES string of the molecule is NCC(NS(=O)(=O)c1ccc2c(c1)CCO2)C1CCCC1. The molecular formula is C15H22N2O3S. The van der Waals surface area contributed by atoms with Crippen molar-refractivity contribution in [3.05, 3.63) is 23.8 Å². The van der Waals surface area contributed by atoms with Crippen molar-refractivity contribution >= 4 is 10.0 Å². The van der Waals surface area contributed by atoms with E-state index in [9.17, 15) is 8.42 Å². The van der Waals surface area contributed by atoms with Crippen LogP contribution < -0.4 is 15.2 Å². The summed E-state index contributed by atoms with van der Waals surface area (Å²) in [6.07, 6.45) is 5.21. The predicted molar refractivity (Wildman–Crippen MR) is 80.8 cm³/mol. The number of sulfonamides is 1. The standard InChI is InChI=1S/C15H22N2O3S/c16-10-14(11-3-1-2-4-11)17-21(18,19)13-5-6-15-12(9-13)7-8-20-15/h5-6,9,11,14,17H,1-4,7-8,10,16H2. The van der Waals surface area contributed by atoms with Gasteiger partial charge in [-0.15, -0.1) is 0 Å². The molecule has 1 atom stereocenters. The Kier molecular flexibility index (Phi) is 4.19. The Balaban J connectivity index is 1.79. The molecule has 3 rings (SSSR count). The summed E-state index contributed by atoms with van der Waals surface area (Å²) in [5, 5.41) is 0. The topological polar surface area (TPSA) is 81.4 Å². The Bertz CT molecular complexity index is 609. The monoisotopic (exact) mass is 310 g/mol. The van der Waals surface area contributed by atoms with Crippen LogP contribution in [0.1, 0.15) is 31.2 Å². The van der Waals surface area contributed by atoms with Gasteiger partial charge in [-0.05, 0) is 42.5 Å². The summed E-state index contributed by atoms with van der Waals surface area (Å²) in [5.74, 6) is 1.16. The van der Waals surface area contributed by atoms with Crippen molar-refractivity contribution in [2.45, 2.75) is 43.0 Å². The van der Waals surface area contributed by atoms with Gasteiger partial charge in [-0.1, -0.05) is 12.8 Å². The molecule has 0 spiro atoms. The van der Waals surface area contributed by atoms with Gasteiger partial charge in [0, 0.05) is 19.0 Å². The number of ether oxygens (including phenoxy) is 1. The summed E-state index contributed by atoms with van der Waals surface area (Å²) in [7, 11) is -3.52. The van der Waals surface area contributed by atoms with Crippen LogP contribution in [0.2, 0.25) is 0 Å². The lowest BCUT2D eigenvalue weighted by atomic mass is 9.99. The lowest BCUT2D eigenvalue weighted by Crippen LogP contribution is -2.44. The molecule has 1 fully saturated rings. The van der Waals surface area contributed by atoms with Crippen molar-refractivity contribution in [3.8, 4) is 5.75 Å². The third-order valence-electron chi connectivity index (χ3n) is 4.50. The highest BCUT2D eigenvalue weighted by Crippen LogP contribution is 2.30. The van der Waals surface area contributed by atoms with Crippen LogP contribution in [0, 0.1) is 5.92 Å². The van der Waals surface area contributed by atoms with Crippen LogP contribution in [-0.2, 0) is 16.4 Å². The Hall–Kier alpha value is -1.11. The number of fused-ring (bicyclic) bond motifs is 1. The van der Waals surface area contributed by atoms with Gasteiger partial charge in [-0.3, -0.25) is 0 Å². The highest BCUT2D eigenvalue weighted by atomic mass is 32.2. The van der Waals surface area contributed by atoms with Gasteiger partial charge in [0.25, 0.3) is 0 Å². The van der Waals surface area contributed by atoms with Crippen molar-refractivity contribution in [1.29, 1.82) is 0 Å². The molecular weight excluding hydrogens is 288 g/mol. The van der Waals surface area contributed by atoms with Gasteiger partial charge in [-0.2, -0.15) is 0 Å². The molecule has 1 aromatic carbocycles. The van der Waals surface area contributed by atoms with Crippen molar-refractivity contribution in [1.82, 2.24) is 4.72 Å². The minimum Gasteiger partial charge on any atom is -0.493 e. The molecule has 3 N–H and O–H groups in total. The molecule has 0 radical (unpaired) electrons. The van der Waals surface area contributed by atoms with E-state index in [-0.39, 0.29) is 6.04 Å². The molecule has 6 heteroatoms. The molecule has 1 aliphatic carbocycles. The second-order valence-electron chi connectivity index (χ2n) is 5.88. The molecule has 0 saturated heterocycles. The van der Waals surface area contributed by atoms with Gasteiger partial charge in [0.15, 0.2) is 0 Å². The smallest absolute Gasteiger partial charge is 0.240 e. The van der Waals surface area contributed by atoms with Crippen LogP contribution in [0.4, 0.5) is 0 Å². The maximum Gasteiger partial charge on any atom is 0.240 e. The van der Waals surface area contributed by atoms with Crippen LogP contribution in [0.15, 0.2) is 23.1 Å². The van der Waals surface area contributed by atoms with E-state index in [2.05, 4.69) is 4.72 Å². The fraction of sp³-hybridized carbons (Fsp3) is 0.600. The summed E-state index contributed by atoms with van der Waals surface area (Å²) < 4.78 is 33.3. The lowest BCUT2D eigenvalue weighted by molar-refractivity contribution is 0.356. The average Bonchev–Trinajstić information content (AvgIpc) is 3.14. The number of benzene rings is 1. The Morgan fingerprint density at radius 3 is 2.81 bits per heavy atom. The van der Waals surface area contributed by atoms with E-state index >= 15 is 0 Å². The highest BCUT2D eigenvalue weighted by Gasteiger charge is 2.29. The molecule has 0 aromatic heterocycles. The fourth-order valence-corrected chi connectivity index (χ4v) is 4.66. The van der Waals surface area contributed by atoms with E-state index < -0.39 is 10.0 Å². The quantitative estimate of drug-likeness (QED) is 0.862. The average molecular weight is 310 g/mol. The number of rotatable bonds is 5. The summed E-state index contributed by atoms with van der Waals surface area (Å²) in [5.41, 5.74) is 6.74. The number of nitrogens with one attached hydrogen (secondary N) is 1. The van der Waals surface area contributed by atoms with E-state index in [1.165, 1.54) is 12.8 Å². The zero-order valence-corrected chi connectivity index (χ0v) is 12.9. The second kappa shape index (κ2) is 5.94. The number of hydrogen-bond acceptors (Lipinski definition) is 4. The largest absolute Gasteiger partial charge is 0.493 e. The molecule has 5 nitrogen and oxygen atoms in total.